The van der Waals surface area contributed by atoms with Crippen molar-refractivity contribution >= 4 is 0 Å². The lowest BCUT2D eigenvalue weighted by Crippen LogP contribution is -2.31. The van der Waals surface area contributed by atoms with Crippen molar-refractivity contribution < 1.29 is 9.47 Å². The van der Waals surface area contributed by atoms with Crippen LogP contribution in [0.3, 0.4) is 0 Å². The zero-order valence-corrected chi connectivity index (χ0v) is 12.2. The quantitative estimate of drug-likeness (QED) is 0.546. The summed E-state index contributed by atoms with van der Waals surface area (Å²) in [5, 5.41) is 20.3. The Labute approximate surface area is 127 Å². The normalized spacial score (nSPS) is 10.5. The van der Waals surface area contributed by atoms with Crippen molar-refractivity contribution in [1.82, 2.24) is 15.2 Å². The summed E-state index contributed by atoms with van der Waals surface area (Å²) < 4.78 is 5.79. The predicted molar refractivity (Wildman–Crippen MR) is 80.9 cm³/mol. The average molecular weight is 294 g/mol. The summed E-state index contributed by atoms with van der Waals surface area (Å²) in [7, 11) is 1.60. The predicted octanol–water partition coefficient (Wildman–Crippen LogP) is 2.16. The molecular weight excluding hydrogens is 280 g/mol. The third kappa shape index (κ3) is 2.71. The first-order valence-electron chi connectivity index (χ1n) is 6.73. The summed E-state index contributed by atoms with van der Waals surface area (Å²) in [4.78, 5) is 4.29. The molecule has 1 aromatic carbocycles. The number of pyridine rings is 1. The summed E-state index contributed by atoms with van der Waals surface area (Å²) in [5.74, 6) is 0.924. The summed E-state index contributed by atoms with van der Waals surface area (Å²) in [6.45, 7) is 1.86. The number of nitrogens with zero attached hydrogens (tertiary/aromatic N) is 4. The minimum Gasteiger partial charge on any atom is -0.710 e. The van der Waals surface area contributed by atoms with Gasteiger partial charge in [0.15, 0.2) is 11.4 Å². The second-order valence-electron chi connectivity index (χ2n) is 4.76. The fraction of sp³-hybridized carbons (Fsp3) is 0.125. The van der Waals surface area contributed by atoms with E-state index in [0.717, 1.165) is 17.0 Å². The summed E-state index contributed by atoms with van der Waals surface area (Å²) >= 11 is 0. The molecule has 0 amide bonds. The van der Waals surface area contributed by atoms with E-state index < -0.39 is 0 Å². The molecule has 6 nitrogen and oxygen atoms in total. The van der Waals surface area contributed by atoms with Gasteiger partial charge in [-0.2, -0.15) is 0 Å². The fourth-order valence-electron chi connectivity index (χ4n) is 2.07. The van der Waals surface area contributed by atoms with Crippen LogP contribution < -0.4 is 9.47 Å². The van der Waals surface area contributed by atoms with E-state index in [1.54, 1.807) is 13.2 Å². The lowest BCUT2D eigenvalue weighted by Gasteiger charge is -2.07. The number of methoxy groups -OCH3 is 1. The maximum absolute atomic E-state index is 12.2. The standard InChI is InChI=1S/C16H14N4O2/c1-11-4-3-5-14(17-11)16-19-18-15(10-20(16)21)12-6-8-13(22-2)9-7-12/h3-10H,1-2H3. The van der Waals surface area contributed by atoms with Gasteiger partial charge in [0.25, 0.3) is 0 Å². The van der Waals surface area contributed by atoms with Crippen molar-refractivity contribution in [2.75, 3.05) is 7.11 Å². The average Bonchev–Trinajstić information content (AvgIpc) is 2.55. The van der Waals surface area contributed by atoms with Gasteiger partial charge in [0, 0.05) is 11.3 Å². The zero-order valence-electron chi connectivity index (χ0n) is 12.2. The van der Waals surface area contributed by atoms with Gasteiger partial charge in [0.1, 0.15) is 11.9 Å². The van der Waals surface area contributed by atoms with E-state index in [4.69, 9.17) is 4.74 Å². The Morgan fingerprint density at radius 2 is 1.77 bits per heavy atom. The Bertz CT molecular complexity index is 803. The van der Waals surface area contributed by atoms with Crippen LogP contribution in [0.2, 0.25) is 0 Å². The van der Waals surface area contributed by atoms with Crippen LogP contribution >= 0.6 is 0 Å². The first kappa shape index (κ1) is 13.9. The highest BCUT2D eigenvalue weighted by Gasteiger charge is 2.16. The molecule has 3 aromatic rings. The van der Waals surface area contributed by atoms with Gasteiger partial charge in [-0.15, -0.1) is 0 Å². The van der Waals surface area contributed by atoms with Crippen molar-refractivity contribution in [2.24, 2.45) is 0 Å². The van der Waals surface area contributed by atoms with E-state index in [2.05, 4.69) is 15.2 Å². The Morgan fingerprint density at radius 1 is 1.00 bits per heavy atom. The molecule has 6 heteroatoms. The maximum Gasteiger partial charge on any atom is 0.379 e. The first-order valence-corrected chi connectivity index (χ1v) is 6.73. The molecular formula is C16H14N4O2. The number of aryl methyl sites for hydroxylation is 1. The molecule has 0 atom stereocenters. The molecule has 0 fully saturated rings. The van der Waals surface area contributed by atoms with Gasteiger partial charge < -0.3 is 9.94 Å². The van der Waals surface area contributed by atoms with E-state index in [-0.39, 0.29) is 5.82 Å². The van der Waals surface area contributed by atoms with Gasteiger partial charge >= 0.3 is 5.82 Å². The zero-order chi connectivity index (χ0) is 15.5. The van der Waals surface area contributed by atoms with Crippen molar-refractivity contribution in [3.05, 3.63) is 59.6 Å². The molecule has 0 saturated heterocycles. The molecule has 0 aliphatic rings. The molecule has 110 valence electrons. The second kappa shape index (κ2) is 5.77. The molecule has 0 aliphatic heterocycles. The first-order chi connectivity index (χ1) is 10.7. The van der Waals surface area contributed by atoms with Crippen molar-refractivity contribution in [1.29, 1.82) is 0 Å². The van der Waals surface area contributed by atoms with Crippen LogP contribution in [0, 0.1) is 12.1 Å². The Hall–Kier alpha value is -3.02. The summed E-state index contributed by atoms with van der Waals surface area (Å²) in [5.41, 5.74) is 2.61. The lowest BCUT2D eigenvalue weighted by atomic mass is 10.1. The third-order valence-electron chi connectivity index (χ3n) is 3.20. The van der Waals surface area contributed by atoms with E-state index in [0.29, 0.717) is 16.1 Å². The Balaban J connectivity index is 1.98. The molecule has 0 bridgehead atoms. The van der Waals surface area contributed by atoms with E-state index >= 15 is 0 Å². The minimum atomic E-state index is 0.181. The molecule has 2 heterocycles. The molecule has 3 rings (SSSR count). The molecule has 0 N–H and O–H groups in total. The fourth-order valence-corrected chi connectivity index (χ4v) is 2.07. The number of hydrogen-bond donors (Lipinski definition) is 0. The van der Waals surface area contributed by atoms with Gasteiger partial charge in [0.2, 0.25) is 0 Å². The van der Waals surface area contributed by atoms with E-state index in [1.807, 2.05) is 43.3 Å². The maximum atomic E-state index is 12.2. The van der Waals surface area contributed by atoms with Crippen LogP contribution in [0.25, 0.3) is 22.8 Å². The summed E-state index contributed by atoms with van der Waals surface area (Å²) in [6.07, 6.45) is 1.40. The molecule has 0 aliphatic carbocycles. The van der Waals surface area contributed by atoms with Crippen LogP contribution in [0.5, 0.6) is 5.75 Å². The van der Waals surface area contributed by atoms with Crippen LogP contribution in [0.15, 0.2) is 48.7 Å². The molecule has 2 aromatic heterocycles. The number of ether oxygens (including phenoxy) is 1. The molecule has 22 heavy (non-hydrogen) atoms. The lowest BCUT2D eigenvalue weighted by molar-refractivity contribution is -0.597. The Kier molecular flexibility index (Phi) is 3.65. The molecule has 0 radical (unpaired) electrons. The molecule has 0 saturated carbocycles. The number of rotatable bonds is 3. The highest BCUT2D eigenvalue weighted by Crippen LogP contribution is 2.20. The van der Waals surface area contributed by atoms with Gasteiger partial charge in [-0.3, -0.25) is 0 Å². The highest BCUT2D eigenvalue weighted by atomic mass is 16.5. The SMILES string of the molecule is COc1ccc(-c2c[n+]([O-])c(-c3cccc(C)n3)nn2)cc1. The van der Waals surface area contributed by atoms with Gasteiger partial charge in [-0.05, 0) is 48.4 Å². The van der Waals surface area contributed by atoms with Gasteiger partial charge in [0.05, 0.1) is 12.2 Å². The van der Waals surface area contributed by atoms with Crippen molar-refractivity contribution in [2.45, 2.75) is 6.92 Å². The topological polar surface area (TPSA) is 74.8 Å². The van der Waals surface area contributed by atoms with Gasteiger partial charge in [-0.25, -0.2) is 9.71 Å². The highest BCUT2D eigenvalue weighted by molar-refractivity contribution is 5.58. The Morgan fingerprint density at radius 3 is 2.41 bits per heavy atom. The molecule has 0 spiro atoms. The van der Waals surface area contributed by atoms with Gasteiger partial charge in [-0.1, -0.05) is 6.07 Å². The van der Waals surface area contributed by atoms with E-state index in [9.17, 15) is 5.21 Å². The number of benzene rings is 1. The summed E-state index contributed by atoms with van der Waals surface area (Å²) in [6, 6.07) is 12.7. The monoisotopic (exact) mass is 294 g/mol. The van der Waals surface area contributed by atoms with Crippen LogP contribution in [-0.4, -0.2) is 22.3 Å². The minimum absolute atomic E-state index is 0.181. The van der Waals surface area contributed by atoms with E-state index in [1.165, 1.54) is 6.20 Å². The molecule has 0 unspecified atom stereocenters. The van der Waals surface area contributed by atoms with Crippen molar-refractivity contribution in [3.8, 4) is 28.5 Å². The second-order valence-corrected chi connectivity index (χ2v) is 4.76. The van der Waals surface area contributed by atoms with Crippen LogP contribution in [0.4, 0.5) is 0 Å². The number of hydrogen-bond acceptors (Lipinski definition) is 5. The van der Waals surface area contributed by atoms with Crippen molar-refractivity contribution in [3.63, 3.8) is 0 Å². The largest absolute Gasteiger partial charge is 0.710 e. The van der Waals surface area contributed by atoms with Crippen LogP contribution in [0.1, 0.15) is 5.69 Å². The van der Waals surface area contributed by atoms with Crippen LogP contribution in [-0.2, 0) is 0 Å². The smallest absolute Gasteiger partial charge is 0.379 e. The third-order valence-corrected chi connectivity index (χ3v) is 3.20. The number of aromatic nitrogens is 4.